The summed E-state index contributed by atoms with van der Waals surface area (Å²) in [5, 5.41) is 3.38. The largest absolute Gasteiger partial charge is 0.336 e. The van der Waals surface area contributed by atoms with E-state index in [2.05, 4.69) is 42.9 Å². The fourth-order valence-electron chi connectivity index (χ4n) is 2.04. The van der Waals surface area contributed by atoms with E-state index in [0.717, 1.165) is 31.3 Å². The van der Waals surface area contributed by atoms with Crippen molar-refractivity contribution >= 4 is 5.95 Å². The third-order valence-electron chi connectivity index (χ3n) is 3.17. The lowest BCUT2D eigenvalue weighted by Crippen LogP contribution is -2.50. The van der Waals surface area contributed by atoms with Gasteiger partial charge in [0.15, 0.2) is 0 Å². The molecule has 1 saturated heterocycles. The van der Waals surface area contributed by atoms with Gasteiger partial charge in [-0.1, -0.05) is 20.8 Å². The van der Waals surface area contributed by atoms with Crippen LogP contribution < -0.4 is 10.2 Å². The van der Waals surface area contributed by atoms with E-state index in [9.17, 15) is 0 Å². The maximum Gasteiger partial charge on any atom is 0.225 e. The highest BCUT2D eigenvalue weighted by Crippen LogP contribution is 2.22. The van der Waals surface area contributed by atoms with Crippen LogP contribution in [-0.4, -0.2) is 35.6 Å². The second kappa shape index (κ2) is 4.61. The quantitative estimate of drug-likeness (QED) is 0.801. The van der Waals surface area contributed by atoms with Crippen molar-refractivity contribution in [1.29, 1.82) is 0 Å². The Morgan fingerprint density at radius 2 is 2.18 bits per heavy atom. The van der Waals surface area contributed by atoms with E-state index < -0.39 is 0 Å². The first-order valence-electron chi connectivity index (χ1n) is 6.29. The molecule has 1 unspecified atom stereocenters. The average Bonchev–Trinajstić information content (AvgIpc) is 2.29. The molecular weight excluding hydrogens is 212 g/mol. The van der Waals surface area contributed by atoms with Gasteiger partial charge in [-0.3, -0.25) is 0 Å². The van der Waals surface area contributed by atoms with Crippen LogP contribution in [0.1, 0.15) is 33.4 Å². The minimum Gasteiger partial charge on any atom is -0.336 e. The lowest BCUT2D eigenvalue weighted by molar-refractivity contribution is 0.488. The highest BCUT2D eigenvalue weighted by atomic mass is 15.3. The van der Waals surface area contributed by atoms with E-state index in [1.807, 2.05) is 12.3 Å². The van der Waals surface area contributed by atoms with Gasteiger partial charge in [0.25, 0.3) is 0 Å². The SMILES string of the molecule is CC1CNCCN1c1nccc(C(C)(C)C)n1. The van der Waals surface area contributed by atoms with Gasteiger partial charge in [-0.05, 0) is 13.0 Å². The summed E-state index contributed by atoms with van der Waals surface area (Å²) in [7, 11) is 0. The first-order valence-corrected chi connectivity index (χ1v) is 6.29. The first kappa shape index (κ1) is 12.3. The molecule has 1 aromatic heterocycles. The Morgan fingerprint density at radius 1 is 1.41 bits per heavy atom. The molecular formula is C13H22N4. The summed E-state index contributed by atoms with van der Waals surface area (Å²) in [6.45, 7) is 11.7. The molecule has 0 saturated carbocycles. The lowest BCUT2D eigenvalue weighted by atomic mass is 9.92. The Kier molecular flexibility index (Phi) is 3.33. The average molecular weight is 234 g/mol. The Hall–Kier alpha value is -1.16. The van der Waals surface area contributed by atoms with Gasteiger partial charge in [0.05, 0.1) is 5.69 Å². The van der Waals surface area contributed by atoms with Crippen molar-refractivity contribution in [2.45, 2.75) is 39.2 Å². The van der Waals surface area contributed by atoms with E-state index in [0.29, 0.717) is 6.04 Å². The summed E-state index contributed by atoms with van der Waals surface area (Å²) < 4.78 is 0. The Morgan fingerprint density at radius 3 is 2.82 bits per heavy atom. The van der Waals surface area contributed by atoms with E-state index in [1.54, 1.807) is 0 Å². The number of piperazine rings is 1. The molecule has 0 bridgehead atoms. The van der Waals surface area contributed by atoms with Crippen molar-refractivity contribution in [2.24, 2.45) is 0 Å². The summed E-state index contributed by atoms with van der Waals surface area (Å²) >= 11 is 0. The molecule has 1 aliphatic heterocycles. The molecule has 1 N–H and O–H groups in total. The van der Waals surface area contributed by atoms with Crippen LogP contribution in [0.5, 0.6) is 0 Å². The molecule has 0 aliphatic carbocycles. The minimum atomic E-state index is 0.0783. The number of aromatic nitrogens is 2. The monoisotopic (exact) mass is 234 g/mol. The second-order valence-corrected chi connectivity index (χ2v) is 5.74. The van der Waals surface area contributed by atoms with Crippen molar-refractivity contribution in [2.75, 3.05) is 24.5 Å². The van der Waals surface area contributed by atoms with Gasteiger partial charge in [-0.25, -0.2) is 9.97 Å². The predicted molar refractivity (Wildman–Crippen MR) is 70.4 cm³/mol. The molecule has 0 amide bonds. The first-order chi connectivity index (χ1) is 7.98. The molecule has 1 atom stereocenters. The molecule has 2 heterocycles. The Labute approximate surface area is 103 Å². The van der Waals surface area contributed by atoms with Gasteiger partial charge in [0.2, 0.25) is 5.95 Å². The number of rotatable bonds is 1. The van der Waals surface area contributed by atoms with E-state index in [1.165, 1.54) is 0 Å². The number of hydrogen-bond acceptors (Lipinski definition) is 4. The summed E-state index contributed by atoms with van der Waals surface area (Å²) in [4.78, 5) is 11.4. The highest BCUT2D eigenvalue weighted by Gasteiger charge is 2.22. The summed E-state index contributed by atoms with van der Waals surface area (Å²) in [6.07, 6.45) is 1.87. The maximum absolute atomic E-state index is 4.71. The van der Waals surface area contributed by atoms with E-state index >= 15 is 0 Å². The zero-order valence-electron chi connectivity index (χ0n) is 11.2. The van der Waals surface area contributed by atoms with Crippen molar-refractivity contribution in [3.63, 3.8) is 0 Å². The fraction of sp³-hybridized carbons (Fsp3) is 0.692. The van der Waals surface area contributed by atoms with Crippen LogP contribution in [0.3, 0.4) is 0 Å². The maximum atomic E-state index is 4.71. The lowest BCUT2D eigenvalue weighted by Gasteiger charge is -2.34. The molecule has 1 fully saturated rings. The van der Waals surface area contributed by atoms with Crippen molar-refractivity contribution in [3.05, 3.63) is 18.0 Å². The van der Waals surface area contributed by atoms with Crippen LogP contribution in [0.25, 0.3) is 0 Å². The summed E-state index contributed by atoms with van der Waals surface area (Å²) in [5.41, 5.74) is 1.18. The van der Waals surface area contributed by atoms with Crippen LogP contribution in [0, 0.1) is 0 Å². The molecule has 0 spiro atoms. The number of nitrogens with one attached hydrogen (secondary N) is 1. The second-order valence-electron chi connectivity index (χ2n) is 5.74. The fourth-order valence-corrected chi connectivity index (χ4v) is 2.04. The minimum absolute atomic E-state index is 0.0783. The van der Waals surface area contributed by atoms with Crippen molar-refractivity contribution in [3.8, 4) is 0 Å². The molecule has 4 heteroatoms. The van der Waals surface area contributed by atoms with Crippen LogP contribution in [0.2, 0.25) is 0 Å². The van der Waals surface area contributed by atoms with Crippen molar-refractivity contribution < 1.29 is 0 Å². The number of hydrogen-bond donors (Lipinski definition) is 1. The van der Waals surface area contributed by atoms with Gasteiger partial charge in [-0.2, -0.15) is 0 Å². The normalized spacial score (nSPS) is 21.6. The predicted octanol–water partition coefficient (Wildman–Crippen LogP) is 1.57. The van der Waals surface area contributed by atoms with Gasteiger partial charge in [0, 0.05) is 37.3 Å². The zero-order chi connectivity index (χ0) is 12.5. The van der Waals surface area contributed by atoms with Gasteiger partial charge >= 0.3 is 0 Å². The number of nitrogens with zero attached hydrogens (tertiary/aromatic N) is 3. The molecule has 0 radical (unpaired) electrons. The molecule has 94 valence electrons. The Bertz CT molecular complexity index is 383. The van der Waals surface area contributed by atoms with Gasteiger partial charge in [-0.15, -0.1) is 0 Å². The molecule has 1 aliphatic rings. The molecule has 2 rings (SSSR count). The highest BCUT2D eigenvalue weighted by molar-refractivity contribution is 5.34. The van der Waals surface area contributed by atoms with Crippen LogP contribution in [0.4, 0.5) is 5.95 Å². The smallest absolute Gasteiger partial charge is 0.225 e. The van der Waals surface area contributed by atoms with Crippen LogP contribution >= 0.6 is 0 Å². The van der Waals surface area contributed by atoms with E-state index in [4.69, 9.17) is 4.98 Å². The van der Waals surface area contributed by atoms with Crippen LogP contribution in [-0.2, 0) is 5.41 Å². The molecule has 17 heavy (non-hydrogen) atoms. The van der Waals surface area contributed by atoms with Crippen LogP contribution in [0.15, 0.2) is 12.3 Å². The Balaban J connectivity index is 2.26. The topological polar surface area (TPSA) is 41.0 Å². The summed E-state index contributed by atoms with van der Waals surface area (Å²) in [6, 6.07) is 2.47. The molecule has 4 nitrogen and oxygen atoms in total. The van der Waals surface area contributed by atoms with E-state index in [-0.39, 0.29) is 5.41 Å². The van der Waals surface area contributed by atoms with Gasteiger partial charge < -0.3 is 10.2 Å². The van der Waals surface area contributed by atoms with Gasteiger partial charge in [0.1, 0.15) is 0 Å². The third kappa shape index (κ3) is 2.75. The molecule has 1 aromatic rings. The van der Waals surface area contributed by atoms with Crippen molar-refractivity contribution in [1.82, 2.24) is 15.3 Å². The summed E-state index contributed by atoms with van der Waals surface area (Å²) in [5.74, 6) is 0.867. The number of anilines is 1. The zero-order valence-corrected chi connectivity index (χ0v) is 11.2. The molecule has 0 aromatic carbocycles. The standard InChI is InChI=1S/C13H22N4/c1-10-9-14-7-8-17(10)12-15-6-5-11(16-12)13(2,3)4/h5-6,10,14H,7-9H2,1-4H3. The third-order valence-corrected chi connectivity index (χ3v) is 3.17.